The molecule has 1 aromatic rings. The standard InChI is InChI=1S/C11H14O2S/c1-11(2,10(12)13)7-8-4-3-5-9(14)6-8/h3-6,14H,7H2,1-2H3,(H,12,13). The Kier molecular flexibility index (Phi) is 3.21. The molecule has 0 aromatic heterocycles. The van der Waals surface area contributed by atoms with Gasteiger partial charge in [-0.05, 0) is 38.0 Å². The molecule has 0 saturated heterocycles. The molecular weight excluding hydrogens is 196 g/mol. The van der Waals surface area contributed by atoms with Gasteiger partial charge in [-0.25, -0.2) is 0 Å². The van der Waals surface area contributed by atoms with E-state index in [9.17, 15) is 4.79 Å². The van der Waals surface area contributed by atoms with E-state index in [0.717, 1.165) is 10.5 Å². The number of carboxylic acid groups (broad SMARTS) is 1. The van der Waals surface area contributed by atoms with Gasteiger partial charge in [0.1, 0.15) is 0 Å². The summed E-state index contributed by atoms with van der Waals surface area (Å²) in [6.07, 6.45) is 0.525. The van der Waals surface area contributed by atoms with Crippen LogP contribution in [0.1, 0.15) is 19.4 Å². The van der Waals surface area contributed by atoms with Crippen LogP contribution in [-0.4, -0.2) is 11.1 Å². The van der Waals surface area contributed by atoms with Crippen LogP contribution in [0.15, 0.2) is 29.2 Å². The topological polar surface area (TPSA) is 37.3 Å². The molecule has 1 N–H and O–H groups in total. The minimum absolute atomic E-state index is 0.525. The Hall–Kier alpha value is -0.960. The van der Waals surface area contributed by atoms with E-state index in [4.69, 9.17) is 5.11 Å². The molecule has 0 atom stereocenters. The molecule has 1 aromatic carbocycles. The maximum absolute atomic E-state index is 10.9. The highest BCUT2D eigenvalue weighted by Crippen LogP contribution is 2.23. The number of carboxylic acids is 1. The Morgan fingerprint density at radius 2 is 2.14 bits per heavy atom. The second-order valence-electron chi connectivity index (χ2n) is 4.04. The lowest BCUT2D eigenvalue weighted by atomic mass is 9.86. The molecule has 0 unspecified atom stereocenters. The first-order chi connectivity index (χ1) is 6.42. The molecule has 76 valence electrons. The zero-order valence-corrected chi connectivity index (χ0v) is 9.21. The summed E-state index contributed by atoms with van der Waals surface area (Å²) < 4.78 is 0. The molecule has 0 fully saturated rings. The number of thiol groups is 1. The molecule has 0 aliphatic heterocycles. The maximum atomic E-state index is 10.9. The van der Waals surface area contributed by atoms with E-state index >= 15 is 0 Å². The monoisotopic (exact) mass is 210 g/mol. The molecule has 0 radical (unpaired) electrons. The molecule has 0 aliphatic carbocycles. The second kappa shape index (κ2) is 4.05. The van der Waals surface area contributed by atoms with Crippen LogP contribution < -0.4 is 0 Å². The van der Waals surface area contributed by atoms with Gasteiger partial charge < -0.3 is 5.11 Å². The summed E-state index contributed by atoms with van der Waals surface area (Å²) in [5.41, 5.74) is 0.284. The quantitative estimate of drug-likeness (QED) is 0.752. The van der Waals surface area contributed by atoms with Crippen molar-refractivity contribution in [1.82, 2.24) is 0 Å². The van der Waals surface area contributed by atoms with E-state index < -0.39 is 11.4 Å². The van der Waals surface area contributed by atoms with E-state index in [1.165, 1.54) is 0 Å². The van der Waals surface area contributed by atoms with Crippen molar-refractivity contribution in [3.05, 3.63) is 29.8 Å². The maximum Gasteiger partial charge on any atom is 0.309 e. The van der Waals surface area contributed by atoms with E-state index in [1.54, 1.807) is 13.8 Å². The van der Waals surface area contributed by atoms with Crippen LogP contribution in [0.2, 0.25) is 0 Å². The molecule has 14 heavy (non-hydrogen) atoms. The summed E-state index contributed by atoms with van der Waals surface area (Å²) >= 11 is 4.21. The van der Waals surface area contributed by atoms with Crippen LogP contribution >= 0.6 is 12.6 Å². The van der Waals surface area contributed by atoms with Gasteiger partial charge in [0.25, 0.3) is 0 Å². The minimum Gasteiger partial charge on any atom is -0.481 e. The van der Waals surface area contributed by atoms with Crippen LogP contribution in [0.4, 0.5) is 0 Å². The Labute approximate surface area is 89.4 Å². The highest BCUT2D eigenvalue weighted by Gasteiger charge is 2.27. The Bertz CT molecular complexity index is 345. The predicted molar refractivity (Wildman–Crippen MR) is 58.8 cm³/mol. The van der Waals surface area contributed by atoms with Gasteiger partial charge in [-0.2, -0.15) is 0 Å². The van der Waals surface area contributed by atoms with Crippen LogP contribution in [0.3, 0.4) is 0 Å². The summed E-state index contributed by atoms with van der Waals surface area (Å²) in [6.45, 7) is 3.45. The molecular formula is C11H14O2S. The molecule has 0 amide bonds. The highest BCUT2D eigenvalue weighted by atomic mass is 32.1. The third-order valence-electron chi connectivity index (χ3n) is 2.14. The Balaban J connectivity index is 2.83. The number of carbonyl (C=O) groups is 1. The molecule has 3 heteroatoms. The third kappa shape index (κ3) is 2.77. The van der Waals surface area contributed by atoms with Crippen molar-refractivity contribution in [2.45, 2.75) is 25.2 Å². The number of hydrogen-bond donors (Lipinski definition) is 2. The number of hydrogen-bond acceptors (Lipinski definition) is 2. The lowest BCUT2D eigenvalue weighted by Gasteiger charge is -2.18. The SMILES string of the molecule is CC(C)(Cc1cccc(S)c1)C(=O)O. The van der Waals surface area contributed by atoms with Crippen molar-refractivity contribution in [2.24, 2.45) is 5.41 Å². The zero-order chi connectivity index (χ0) is 10.8. The predicted octanol–water partition coefficient (Wildman–Crippen LogP) is 2.63. The molecule has 0 spiro atoms. The van der Waals surface area contributed by atoms with Crippen molar-refractivity contribution in [3.8, 4) is 0 Å². The van der Waals surface area contributed by atoms with Gasteiger partial charge in [-0.1, -0.05) is 12.1 Å². The van der Waals surface area contributed by atoms with Crippen LogP contribution in [0.25, 0.3) is 0 Å². The average Bonchev–Trinajstić information content (AvgIpc) is 2.02. The average molecular weight is 210 g/mol. The molecule has 0 heterocycles. The fourth-order valence-corrected chi connectivity index (χ4v) is 1.50. The molecule has 2 nitrogen and oxygen atoms in total. The summed E-state index contributed by atoms with van der Waals surface area (Å²) in [5, 5.41) is 8.95. The van der Waals surface area contributed by atoms with Gasteiger partial charge in [-0.15, -0.1) is 12.6 Å². The molecule has 0 saturated carbocycles. The van der Waals surface area contributed by atoms with Crippen LogP contribution in [-0.2, 0) is 11.2 Å². The second-order valence-corrected chi connectivity index (χ2v) is 4.55. The van der Waals surface area contributed by atoms with Gasteiger partial charge in [0.2, 0.25) is 0 Å². The summed E-state index contributed by atoms with van der Waals surface area (Å²) in [7, 11) is 0. The fraction of sp³-hybridized carbons (Fsp3) is 0.364. The van der Waals surface area contributed by atoms with E-state index in [1.807, 2.05) is 24.3 Å². The number of aliphatic carboxylic acids is 1. The number of rotatable bonds is 3. The van der Waals surface area contributed by atoms with Crippen LogP contribution in [0.5, 0.6) is 0 Å². The van der Waals surface area contributed by atoms with E-state index in [0.29, 0.717) is 6.42 Å². The zero-order valence-electron chi connectivity index (χ0n) is 8.32. The molecule has 0 aliphatic rings. The normalized spacial score (nSPS) is 11.4. The highest BCUT2D eigenvalue weighted by molar-refractivity contribution is 7.80. The van der Waals surface area contributed by atoms with Crippen molar-refractivity contribution in [3.63, 3.8) is 0 Å². The van der Waals surface area contributed by atoms with Gasteiger partial charge in [0.05, 0.1) is 5.41 Å². The lowest BCUT2D eigenvalue weighted by molar-refractivity contribution is -0.146. The lowest BCUT2D eigenvalue weighted by Crippen LogP contribution is -2.26. The molecule has 0 bridgehead atoms. The van der Waals surface area contributed by atoms with Crippen molar-refractivity contribution < 1.29 is 9.90 Å². The fourth-order valence-electron chi connectivity index (χ4n) is 1.25. The first-order valence-electron chi connectivity index (χ1n) is 4.43. The van der Waals surface area contributed by atoms with Crippen molar-refractivity contribution in [1.29, 1.82) is 0 Å². The smallest absolute Gasteiger partial charge is 0.309 e. The van der Waals surface area contributed by atoms with E-state index in [-0.39, 0.29) is 0 Å². The van der Waals surface area contributed by atoms with Crippen molar-refractivity contribution >= 4 is 18.6 Å². The van der Waals surface area contributed by atoms with Gasteiger partial charge >= 0.3 is 5.97 Å². The first kappa shape index (κ1) is 11.1. The number of benzene rings is 1. The van der Waals surface area contributed by atoms with E-state index in [2.05, 4.69) is 12.6 Å². The Morgan fingerprint density at radius 3 is 2.64 bits per heavy atom. The van der Waals surface area contributed by atoms with Gasteiger partial charge in [0.15, 0.2) is 0 Å². The third-order valence-corrected chi connectivity index (χ3v) is 2.41. The first-order valence-corrected chi connectivity index (χ1v) is 4.88. The van der Waals surface area contributed by atoms with Gasteiger partial charge in [-0.3, -0.25) is 4.79 Å². The van der Waals surface area contributed by atoms with Crippen molar-refractivity contribution in [2.75, 3.05) is 0 Å². The van der Waals surface area contributed by atoms with Gasteiger partial charge in [0, 0.05) is 4.90 Å². The minimum atomic E-state index is -0.776. The molecule has 1 rings (SSSR count). The summed E-state index contributed by atoms with van der Waals surface area (Å²) in [4.78, 5) is 11.8. The summed E-state index contributed by atoms with van der Waals surface area (Å²) in [5.74, 6) is -0.776. The van der Waals surface area contributed by atoms with Crippen LogP contribution in [0, 0.1) is 5.41 Å². The Morgan fingerprint density at radius 1 is 1.50 bits per heavy atom. The summed E-state index contributed by atoms with van der Waals surface area (Å²) in [6, 6.07) is 7.58. The largest absolute Gasteiger partial charge is 0.481 e.